The molecular formula is C20H21FN2O3S. The van der Waals surface area contributed by atoms with Crippen LogP contribution in [0.1, 0.15) is 29.9 Å². The summed E-state index contributed by atoms with van der Waals surface area (Å²) in [6.45, 7) is 2.76. The minimum Gasteiger partial charge on any atom is -0.361 e. The van der Waals surface area contributed by atoms with E-state index in [4.69, 9.17) is 0 Å². The maximum atomic E-state index is 12.6. The van der Waals surface area contributed by atoms with E-state index < -0.39 is 10.5 Å². The number of para-hydroxylation sites is 1. The summed E-state index contributed by atoms with van der Waals surface area (Å²) in [4.78, 5) is 5.76. The number of nitrogens with zero attached hydrogens (tertiary/aromatic N) is 1. The van der Waals surface area contributed by atoms with Crippen molar-refractivity contribution in [3.63, 3.8) is 0 Å². The number of hydrogen-bond acceptors (Lipinski definition) is 4. The molecule has 4 rings (SSSR count). The minimum absolute atomic E-state index is 0.0171. The van der Waals surface area contributed by atoms with Crippen LogP contribution in [0.5, 0.6) is 5.75 Å². The molecule has 1 fully saturated rings. The molecule has 1 atom stereocenters. The first-order valence-electron chi connectivity index (χ1n) is 8.99. The molecule has 2 aromatic carbocycles. The van der Waals surface area contributed by atoms with Crippen LogP contribution in [0.4, 0.5) is 3.89 Å². The third-order valence-electron chi connectivity index (χ3n) is 5.09. The average Bonchev–Trinajstić information content (AvgIpc) is 3.07. The fourth-order valence-electron chi connectivity index (χ4n) is 3.91. The summed E-state index contributed by atoms with van der Waals surface area (Å²) in [6, 6.07) is 14.9. The van der Waals surface area contributed by atoms with Gasteiger partial charge < -0.3 is 9.17 Å². The zero-order valence-electron chi connectivity index (χ0n) is 14.8. The van der Waals surface area contributed by atoms with Gasteiger partial charge in [-0.1, -0.05) is 34.2 Å². The maximum absolute atomic E-state index is 12.6. The predicted octanol–water partition coefficient (Wildman–Crippen LogP) is 4.14. The Morgan fingerprint density at radius 1 is 1.15 bits per heavy atom. The number of aromatic amines is 1. The van der Waals surface area contributed by atoms with Gasteiger partial charge in [-0.2, -0.15) is 8.42 Å². The molecule has 1 aliphatic heterocycles. The lowest BCUT2D eigenvalue weighted by atomic mass is 9.90. The van der Waals surface area contributed by atoms with Crippen molar-refractivity contribution < 1.29 is 16.5 Å². The summed E-state index contributed by atoms with van der Waals surface area (Å²) in [5.74, 6) is 0.464. The first-order valence-corrected chi connectivity index (χ1v) is 10.3. The smallest absolute Gasteiger partial charge is 0.361 e. The van der Waals surface area contributed by atoms with E-state index in [-0.39, 0.29) is 5.75 Å². The highest BCUT2D eigenvalue weighted by atomic mass is 32.3. The number of likely N-dealkylation sites (tertiary alicyclic amines) is 1. The number of hydrogen-bond donors (Lipinski definition) is 1. The van der Waals surface area contributed by atoms with Crippen molar-refractivity contribution in [3.8, 4) is 5.75 Å². The number of halogens is 1. The zero-order valence-corrected chi connectivity index (χ0v) is 15.6. The van der Waals surface area contributed by atoms with Gasteiger partial charge >= 0.3 is 10.5 Å². The van der Waals surface area contributed by atoms with E-state index in [0.29, 0.717) is 5.92 Å². The van der Waals surface area contributed by atoms with Crippen LogP contribution in [-0.4, -0.2) is 31.4 Å². The molecule has 1 unspecified atom stereocenters. The molecule has 5 nitrogen and oxygen atoms in total. The van der Waals surface area contributed by atoms with Gasteiger partial charge in [-0.15, -0.1) is 0 Å². The van der Waals surface area contributed by atoms with Crippen LogP contribution < -0.4 is 4.18 Å². The molecule has 0 bridgehead atoms. The molecule has 7 heteroatoms. The lowest BCUT2D eigenvalue weighted by Gasteiger charge is -2.32. The van der Waals surface area contributed by atoms with Crippen LogP contribution in [0.25, 0.3) is 10.9 Å². The molecule has 0 amide bonds. The minimum atomic E-state index is -4.98. The summed E-state index contributed by atoms with van der Waals surface area (Å²) in [6.07, 6.45) is 4.42. The molecule has 2 heterocycles. The molecule has 142 valence electrons. The molecule has 0 saturated carbocycles. The first kappa shape index (κ1) is 18.0. The molecule has 0 radical (unpaired) electrons. The highest BCUT2D eigenvalue weighted by molar-refractivity contribution is 7.81. The third kappa shape index (κ3) is 4.31. The molecule has 1 aromatic heterocycles. The van der Waals surface area contributed by atoms with Crippen LogP contribution >= 0.6 is 0 Å². The van der Waals surface area contributed by atoms with Gasteiger partial charge in [-0.25, -0.2) is 0 Å². The van der Waals surface area contributed by atoms with Crippen molar-refractivity contribution in [1.82, 2.24) is 9.88 Å². The summed E-state index contributed by atoms with van der Waals surface area (Å²) in [5.41, 5.74) is 3.58. The van der Waals surface area contributed by atoms with Crippen LogP contribution in [-0.2, 0) is 17.0 Å². The van der Waals surface area contributed by atoms with Crippen LogP contribution in [0.15, 0.2) is 54.7 Å². The normalized spacial score (nSPS) is 18.6. The molecule has 1 saturated heterocycles. The van der Waals surface area contributed by atoms with Gasteiger partial charge in [-0.3, -0.25) is 4.90 Å². The Morgan fingerprint density at radius 3 is 2.70 bits per heavy atom. The summed E-state index contributed by atoms with van der Waals surface area (Å²) < 4.78 is 37.9. The Bertz CT molecular complexity index is 1030. The van der Waals surface area contributed by atoms with E-state index in [2.05, 4.69) is 38.5 Å². The number of rotatable bonds is 5. The summed E-state index contributed by atoms with van der Waals surface area (Å²) >= 11 is 0. The Kier molecular flexibility index (Phi) is 4.88. The second-order valence-electron chi connectivity index (χ2n) is 6.98. The van der Waals surface area contributed by atoms with E-state index in [1.165, 1.54) is 35.0 Å². The van der Waals surface area contributed by atoms with Gasteiger partial charge in [0, 0.05) is 30.2 Å². The molecule has 0 aliphatic carbocycles. The van der Waals surface area contributed by atoms with Gasteiger partial charge in [-0.05, 0) is 54.6 Å². The van der Waals surface area contributed by atoms with E-state index >= 15 is 0 Å². The van der Waals surface area contributed by atoms with Crippen molar-refractivity contribution in [2.45, 2.75) is 25.3 Å². The monoisotopic (exact) mass is 388 g/mol. The number of H-pyrrole nitrogens is 1. The summed E-state index contributed by atoms with van der Waals surface area (Å²) in [7, 11) is -4.98. The van der Waals surface area contributed by atoms with Crippen molar-refractivity contribution in [2.24, 2.45) is 0 Å². The average molecular weight is 388 g/mol. The number of benzene rings is 2. The Balaban J connectivity index is 1.44. The fourth-order valence-corrected chi connectivity index (χ4v) is 4.25. The van der Waals surface area contributed by atoms with E-state index in [9.17, 15) is 12.3 Å². The van der Waals surface area contributed by atoms with E-state index in [1.807, 2.05) is 6.07 Å². The number of nitrogens with one attached hydrogen (secondary N) is 1. The molecular weight excluding hydrogens is 367 g/mol. The summed E-state index contributed by atoms with van der Waals surface area (Å²) in [5, 5.41) is 1.29. The van der Waals surface area contributed by atoms with Gasteiger partial charge in [0.2, 0.25) is 0 Å². The van der Waals surface area contributed by atoms with Crippen LogP contribution in [0.3, 0.4) is 0 Å². The van der Waals surface area contributed by atoms with Gasteiger partial charge in [0.25, 0.3) is 0 Å². The van der Waals surface area contributed by atoms with E-state index in [0.717, 1.165) is 31.6 Å². The maximum Gasteiger partial charge on any atom is 0.488 e. The molecule has 0 spiro atoms. The molecule has 1 N–H and O–H groups in total. The van der Waals surface area contributed by atoms with Crippen molar-refractivity contribution in [1.29, 1.82) is 0 Å². The standard InChI is InChI=1S/C20H21FN2O3S/c21-27(24,25)26-17-9-7-15(8-10-17)13-23-11-3-4-16(14-23)19-12-22-20-6-2-1-5-18(19)20/h1-2,5-10,12,16,22H,3-4,11,13-14H2. The Labute approximate surface area is 158 Å². The fraction of sp³-hybridized carbons (Fsp3) is 0.300. The largest absolute Gasteiger partial charge is 0.488 e. The predicted molar refractivity (Wildman–Crippen MR) is 103 cm³/mol. The quantitative estimate of drug-likeness (QED) is 0.667. The van der Waals surface area contributed by atoms with Crippen molar-refractivity contribution in [3.05, 3.63) is 65.9 Å². The number of aromatic nitrogens is 1. The lowest BCUT2D eigenvalue weighted by molar-refractivity contribution is 0.200. The zero-order chi connectivity index (χ0) is 18.9. The van der Waals surface area contributed by atoms with E-state index in [1.54, 1.807) is 12.1 Å². The topological polar surface area (TPSA) is 62.4 Å². The molecule has 1 aliphatic rings. The van der Waals surface area contributed by atoms with Gasteiger partial charge in [0.05, 0.1) is 0 Å². The van der Waals surface area contributed by atoms with Crippen molar-refractivity contribution >= 4 is 21.4 Å². The first-order chi connectivity index (χ1) is 13.0. The lowest BCUT2D eigenvalue weighted by Crippen LogP contribution is -2.33. The Hall–Kier alpha value is -2.38. The second kappa shape index (κ2) is 7.32. The van der Waals surface area contributed by atoms with Crippen LogP contribution in [0.2, 0.25) is 0 Å². The van der Waals surface area contributed by atoms with Gasteiger partial charge in [0.1, 0.15) is 5.75 Å². The highest BCUT2D eigenvalue weighted by Gasteiger charge is 2.23. The second-order valence-corrected chi connectivity index (χ2v) is 7.94. The van der Waals surface area contributed by atoms with Gasteiger partial charge in [0.15, 0.2) is 0 Å². The Morgan fingerprint density at radius 2 is 1.93 bits per heavy atom. The van der Waals surface area contributed by atoms with Crippen LogP contribution in [0, 0.1) is 0 Å². The van der Waals surface area contributed by atoms with Crippen molar-refractivity contribution in [2.75, 3.05) is 13.1 Å². The third-order valence-corrected chi connectivity index (χ3v) is 5.48. The number of piperidine rings is 1. The molecule has 27 heavy (non-hydrogen) atoms. The molecule has 3 aromatic rings. The number of fused-ring (bicyclic) bond motifs is 1. The SMILES string of the molecule is O=S(=O)(F)Oc1ccc(CN2CCCC(c3c[nH]c4ccccc34)C2)cc1. The highest BCUT2D eigenvalue weighted by Crippen LogP contribution is 2.32.